The Kier molecular flexibility index (Phi) is 6.93. The summed E-state index contributed by atoms with van der Waals surface area (Å²) in [5, 5.41) is 14.1. The van der Waals surface area contributed by atoms with Crippen LogP contribution >= 0.6 is 0 Å². The van der Waals surface area contributed by atoms with Crippen molar-refractivity contribution in [2.45, 2.75) is 37.8 Å². The molecule has 1 saturated heterocycles. The van der Waals surface area contributed by atoms with Crippen LogP contribution in [0.1, 0.15) is 25.7 Å². The highest BCUT2D eigenvalue weighted by Gasteiger charge is 2.35. The maximum Gasteiger partial charge on any atom is 0.326 e. The van der Waals surface area contributed by atoms with Crippen LogP contribution in [0.4, 0.5) is 4.79 Å². The zero-order valence-electron chi connectivity index (χ0n) is 12.4. The molecule has 8 nitrogen and oxygen atoms in total. The predicted octanol–water partition coefficient (Wildman–Crippen LogP) is -0.214. The normalized spacial score (nSPS) is 19.1. The van der Waals surface area contributed by atoms with Gasteiger partial charge in [0.05, 0.1) is 0 Å². The molecule has 0 saturated carbocycles. The van der Waals surface area contributed by atoms with Crippen molar-refractivity contribution in [1.29, 1.82) is 0 Å². The minimum Gasteiger partial charge on any atom is -0.480 e. The lowest BCUT2D eigenvalue weighted by Gasteiger charge is -2.25. The van der Waals surface area contributed by atoms with Crippen molar-refractivity contribution in [3.63, 3.8) is 0 Å². The van der Waals surface area contributed by atoms with Gasteiger partial charge in [0, 0.05) is 27.3 Å². The zero-order valence-corrected chi connectivity index (χ0v) is 12.4. The molecule has 3 amide bonds. The Morgan fingerprint density at radius 2 is 2.14 bits per heavy atom. The lowest BCUT2D eigenvalue weighted by atomic mass is 10.1. The number of rotatable bonds is 7. The number of urea groups is 1. The average molecular weight is 301 g/mol. The molecule has 1 aliphatic rings. The number of carbonyl (C=O) groups excluding carboxylic acids is 2. The quantitative estimate of drug-likeness (QED) is 0.564. The first kappa shape index (κ1) is 17.2. The largest absolute Gasteiger partial charge is 0.480 e. The summed E-state index contributed by atoms with van der Waals surface area (Å²) in [6.07, 6.45) is 2.14. The van der Waals surface area contributed by atoms with Crippen LogP contribution in [0.2, 0.25) is 0 Å². The van der Waals surface area contributed by atoms with Gasteiger partial charge in [0.1, 0.15) is 12.1 Å². The number of carboxylic acids is 1. The number of nitrogens with one attached hydrogen (secondary N) is 2. The van der Waals surface area contributed by atoms with Crippen molar-refractivity contribution >= 4 is 17.9 Å². The topological polar surface area (TPSA) is 108 Å². The number of hydrogen-bond donors (Lipinski definition) is 3. The monoisotopic (exact) mass is 301 g/mol. The molecule has 1 fully saturated rings. The highest BCUT2D eigenvalue weighted by atomic mass is 16.5. The molecule has 1 heterocycles. The van der Waals surface area contributed by atoms with Crippen LogP contribution in [-0.4, -0.2) is 67.3 Å². The third-order valence-electron chi connectivity index (χ3n) is 3.50. The standard InChI is InChI=1S/C13H23N3O5/c1-14-11(17)10-6-3-7-16(10)13(20)15-9(12(18)19)5-4-8-21-2/h9-10H,3-8H2,1-2H3,(H,14,17)(H,15,20)(H,18,19). The van der Waals surface area contributed by atoms with Crippen LogP contribution in [0, 0.1) is 0 Å². The molecule has 0 radical (unpaired) electrons. The molecule has 0 aromatic heterocycles. The van der Waals surface area contributed by atoms with E-state index in [-0.39, 0.29) is 12.3 Å². The number of likely N-dealkylation sites (N-methyl/N-ethyl adjacent to an activating group) is 1. The minimum absolute atomic E-state index is 0.228. The average Bonchev–Trinajstić information content (AvgIpc) is 2.94. The number of carboxylic acid groups (broad SMARTS) is 1. The Balaban J connectivity index is 2.59. The van der Waals surface area contributed by atoms with Crippen LogP contribution in [-0.2, 0) is 14.3 Å². The minimum atomic E-state index is -1.09. The second kappa shape index (κ2) is 8.46. The van der Waals surface area contributed by atoms with Crippen molar-refractivity contribution in [3.8, 4) is 0 Å². The summed E-state index contributed by atoms with van der Waals surface area (Å²) >= 11 is 0. The van der Waals surface area contributed by atoms with E-state index in [9.17, 15) is 14.4 Å². The molecule has 0 bridgehead atoms. The van der Waals surface area contributed by atoms with Gasteiger partial charge in [0.25, 0.3) is 0 Å². The number of likely N-dealkylation sites (tertiary alicyclic amines) is 1. The Morgan fingerprint density at radius 3 is 2.71 bits per heavy atom. The van der Waals surface area contributed by atoms with E-state index in [1.54, 1.807) is 0 Å². The van der Waals surface area contributed by atoms with Gasteiger partial charge in [-0.15, -0.1) is 0 Å². The third kappa shape index (κ3) is 4.89. The molecule has 8 heteroatoms. The fraction of sp³-hybridized carbons (Fsp3) is 0.769. The third-order valence-corrected chi connectivity index (χ3v) is 3.50. The summed E-state index contributed by atoms with van der Waals surface area (Å²) in [4.78, 5) is 36.4. The van der Waals surface area contributed by atoms with E-state index in [4.69, 9.17) is 9.84 Å². The second-order valence-corrected chi connectivity index (χ2v) is 4.94. The van der Waals surface area contributed by atoms with Crippen molar-refractivity contribution in [2.75, 3.05) is 27.3 Å². The van der Waals surface area contributed by atoms with Crippen molar-refractivity contribution < 1.29 is 24.2 Å². The molecular formula is C13H23N3O5. The molecule has 2 atom stereocenters. The van der Waals surface area contributed by atoms with Crippen LogP contribution in [0.5, 0.6) is 0 Å². The molecule has 1 aliphatic heterocycles. The Labute approximate surface area is 123 Å². The first-order chi connectivity index (χ1) is 10.0. The maximum absolute atomic E-state index is 12.2. The van der Waals surface area contributed by atoms with E-state index in [1.807, 2.05) is 0 Å². The number of ether oxygens (including phenoxy) is 1. The van der Waals surface area contributed by atoms with E-state index in [2.05, 4.69) is 10.6 Å². The van der Waals surface area contributed by atoms with Gasteiger partial charge < -0.3 is 25.4 Å². The lowest BCUT2D eigenvalue weighted by Crippen LogP contribution is -2.52. The molecule has 0 aromatic rings. The molecule has 120 valence electrons. The van der Waals surface area contributed by atoms with Crippen LogP contribution in [0.15, 0.2) is 0 Å². The van der Waals surface area contributed by atoms with Gasteiger partial charge in [0.15, 0.2) is 0 Å². The number of amides is 3. The number of carbonyl (C=O) groups is 3. The predicted molar refractivity (Wildman–Crippen MR) is 74.9 cm³/mol. The van der Waals surface area contributed by atoms with Gasteiger partial charge in [-0.25, -0.2) is 9.59 Å². The summed E-state index contributed by atoms with van der Waals surface area (Å²) in [6.45, 7) is 0.887. The van der Waals surface area contributed by atoms with Gasteiger partial charge in [-0.05, 0) is 25.7 Å². The number of nitrogens with zero attached hydrogens (tertiary/aromatic N) is 1. The zero-order chi connectivity index (χ0) is 15.8. The molecule has 0 aliphatic carbocycles. The van der Waals surface area contributed by atoms with E-state index < -0.39 is 24.1 Å². The van der Waals surface area contributed by atoms with Gasteiger partial charge >= 0.3 is 12.0 Å². The summed E-state index contributed by atoms with van der Waals surface area (Å²) in [5.74, 6) is -1.32. The SMILES string of the molecule is CNC(=O)C1CCCN1C(=O)NC(CCCOC)C(=O)O. The smallest absolute Gasteiger partial charge is 0.326 e. The van der Waals surface area contributed by atoms with E-state index in [1.165, 1.54) is 19.1 Å². The van der Waals surface area contributed by atoms with Crippen molar-refractivity contribution in [1.82, 2.24) is 15.5 Å². The summed E-state index contributed by atoms with van der Waals surface area (Å²) in [5.41, 5.74) is 0. The molecule has 2 unspecified atom stereocenters. The first-order valence-corrected chi connectivity index (χ1v) is 7.01. The van der Waals surface area contributed by atoms with E-state index in [0.29, 0.717) is 26.0 Å². The maximum atomic E-state index is 12.2. The summed E-state index contributed by atoms with van der Waals surface area (Å²) < 4.78 is 4.87. The van der Waals surface area contributed by atoms with Gasteiger partial charge in [0.2, 0.25) is 5.91 Å². The Morgan fingerprint density at radius 1 is 1.43 bits per heavy atom. The molecule has 0 spiro atoms. The Hall–Kier alpha value is -1.83. The van der Waals surface area contributed by atoms with Crippen LogP contribution < -0.4 is 10.6 Å². The van der Waals surface area contributed by atoms with Crippen molar-refractivity contribution in [3.05, 3.63) is 0 Å². The van der Waals surface area contributed by atoms with Crippen molar-refractivity contribution in [2.24, 2.45) is 0 Å². The lowest BCUT2D eigenvalue weighted by molar-refractivity contribution is -0.139. The highest BCUT2D eigenvalue weighted by molar-refractivity contribution is 5.89. The first-order valence-electron chi connectivity index (χ1n) is 7.01. The molecule has 1 rings (SSSR count). The number of aliphatic carboxylic acids is 1. The van der Waals surface area contributed by atoms with Gasteiger partial charge in [-0.1, -0.05) is 0 Å². The van der Waals surface area contributed by atoms with Crippen LogP contribution in [0.3, 0.4) is 0 Å². The molecule has 3 N–H and O–H groups in total. The molecule has 0 aromatic carbocycles. The number of hydrogen-bond acceptors (Lipinski definition) is 4. The Bertz CT molecular complexity index is 388. The highest BCUT2D eigenvalue weighted by Crippen LogP contribution is 2.17. The molecule has 21 heavy (non-hydrogen) atoms. The second-order valence-electron chi connectivity index (χ2n) is 4.94. The van der Waals surface area contributed by atoms with E-state index >= 15 is 0 Å². The molecular weight excluding hydrogens is 278 g/mol. The van der Waals surface area contributed by atoms with E-state index in [0.717, 1.165) is 6.42 Å². The van der Waals surface area contributed by atoms with Gasteiger partial charge in [-0.2, -0.15) is 0 Å². The number of methoxy groups -OCH3 is 1. The van der Waals surface area contributed by atoms with Crippen LogP contribution in [0.25, 0.3) is 0 Å². The van der Waals surface area contributed by atoms with Gasteiger partial charge in [-0.3, -0.25) is 4.79 Å². The fourth-order valence-corrected chi connectivity index (χ4v) is 2.37. The summed E-state index contributed by atoms with van der Waals surface area (Å²) in [6, 6.07) is -2.01. The summed E-state index contributed by atoms with van der Waals surface area (Å²) in [7, 11) is 3.05. The fourth-order valence-electron chi connectivity index (χ4n) is 2.37.